The first-order valence-electron chi connectivity index (χ1n) is 4.84. The molecule has 6 heteroatoms. The standard InChI is InChI=1S/C10H13ClO4S/c1-3-14-8-6-5-7-9(15-4-2)10(8)16(11,12)13/h5-7H,3-4H2,1-2H3. The van der Waals surface area contributed by atoms with Crippen molar-refractivity contribution in [2.75, 3.05) is 13.2 Å². The van der Waals surface area contributed by atoms with Gasteiger partial charge in [-0.2, -0.15) is 0 Å². The van der Waals surface area contributed by atoms with Crippen molar-refractivity contribution in [2.24, 2.45) is 0 Å². The van der Waals surface area contributed by atoms with Gasteiger partial charge in [0.1, 0.15) is 11.5 Å². The molecule has 0 atom stereocenters. The molecule has 0 heterocycles. The quantitative estimate of drug-likeness (QED) is 0.767. The summed E-state index contributed by atoms with van der Waals surface area (Å²) in [4.78, 5) is -0.111. The minimum atomic E-state index is -3.89. The number of hydrogen-bond donors (Lipinski definition) is 0. The van der Waals surface area contributed by atoms with Crippen LogP contribution < -0.4 is 9.47 Å². The molecule has 0 saturated heterocycles. The van der Waals surface area contributed by atoms with Crippen LogP contribution in [0, 0.1) is 0 Å². The van der Waals surface area contributed by atoms with Gasteiger partial charge in [0.2, 0.25) is 0 Å². The number of rotatable bonds is 5. The molecule has 0 aliphatic carbocycles. The van der Waals surface area contributed by atoms with E-state index in [1.807, 2.05) is 0 Å². The first-order chi connectivity index (χ1) is 7.50. The Labute approximate surface area is 99.6 Å². The Bertz CT molecular complexity index is 432. The molecule has 1 aromatic rings. The number of ether oxygens (including phenoxy) is 2. The molecule has 1 rings (SSSR count). The molecular formula is C10H13ClO4S. The fourth-order valence-electron chi connectivity index (χ4n) is 1.27. The molecule has 0 aromatic heterocycles. The highest BCUT2D eigenvalue weighted by Crippen LogP contribution is 2.35. The van der Waals surface area contributed by atoms with E-state index in [0.717, 1.165) is 0 Å². The van der Waals surface area contributed by atoms with Crippen molar-refractivity contribution in [3.05, 3.63) is 18.2 Å². The molecule has 4 nitrogen and oxygen atoms in total. The van der Waals surface area contributed by atoms with Gasteiger partial charge in [0.25, 0.3) is 9.05 Å². The van der Waals surface area contributed by atoms with Crippen LogP contribution in [0.25, 0.3) is 0 Å². The lowest BCUT2D eigenvalue weighted by atomic mass is 10.3. The Morgan fingerprint density at radius 2 is 1.56 bits per heavy atom. The maximum Gasteiger partial charge on any atom is 0.268 e. The second-order valence-electron chi connectivity index (χ2n) is 2.89. The smallest absolute Gasteiger partial charge is 0.268 e. The lowest BCUT2D eigenvalue weighted by Crippen LogP contribution is -2.03. The molecule has 16 heavy (non-hydrogen) atoms. The summed E-state index contributed by atoms with van der Waals surface area (Å²) in [5, 5.41) is 0. The summed E-state index contributed by atoms with van der Waals surface area (Å²) < 4.78 is 33.3. The highest BCUT2D eigenvalue weighted by molar-refractivity contribution is 8.13. The molecule has 0 spiro atoms. The molecule has 0 aliphatic heterocycles. The van der Waals surface area contributed by atoms with Crippen molar-refractivity contribution >= 4 is 19.7 Å². The second-order valence-corrected chi connectivity index (χ2v) is 5.39. The summed E-state index contributed by atoms with van der Waals surface area (Å²) in [5.74, 6) is 0.423. The van der Waals surface area contributed by atoms with Crippen molar-refractivity contribution in [3.8, 4) is 11.5 Å². The van der Waals surface area contributed by atoms with Crippen molar-refractivity contribution in [1.29, 1.82) is 0 Å². The summed E-state index contributed by atoms with van der Waals surface area (Å²) >= 11 is 0. The van der Waals surface area contributed by atoms with E-state index in [1.165, 1.54) is 0 Å². The largest absolute Gasteiger partial charge is 0.492 e. The second kappa shape index (κ2) is 5.41. The van der Waals surface area contributed by atoms with Gasteiger partial charge in [-0.1, -0.05) is 6.07 Å². The van der Waals surface area contributed by atoms with Gasteiger partial charge >= 0.3 is 0 Å². The molecule has 90 valence electrons. The van der Waals surface area contributed by atoms with E-state index in [-0.39, 0.29) is 16.4 Å². The Kier molecular flexibility index (Phi) is 4.44. The normalized spacial score (nSPS) is 11.2. The molecule has 0 bridgehead atoms. The molecule has 0 N–H and O–H groups in total. The highest BCUT2D eigenvalue weighted by Gasteiger charge is 2.22. The van der Waals surface area contributed by atoms with Gasteiger partial charge in [-0.15, -0.1) is 0 Å². The first kappa shape index (κ1) is 13.1. The zero-order chi connectivity index (χ0) is 12.2. The van der Waals surface area contributed by atoms with Crippen LogP contribution in [-0.4, -0.2) is 21.6 Å². The van der Waals surface area contributed by atoms with Gasteiger partial charge in [0.05, 0.1) is 13.2 Å². The van der Waals surface area contributed by atoms with E-state index in [4.69, 9.17) is 20.2 Å². The van der Waals surface area contributed by atoms with Crippen LogP contribution in [0.15, 0.2) is 23.1 Å². The van der Waals surface area contributed by atoms with Gasteiger partial charge in [0.15, 0.2) is 4.90 Å². The Morgan fingerprint density at radius 1 is 1.12 bits per heavy atom. The molecule has 0 aliphatic rings. The minimum absolute atomic E-state index is 0.111. The monoisotopic (exact) mass is 264 g/mol. The molecule has 0 fully saturated rings. The summed E-state index contributed by atoms with van der Waals surface area (Å²) in [7, 11) is 1.47. The van der Waals surface area contributed by atoms with Crippen molar-refractivity contribution in [2.45, 2.75) is 18.7 Å². The molecule has 1 aromatic carbocycles. The van der Waals surface area contributed by atoms with E-state index in [9.17, 15) is 8.42 Å². The van der Waals surface area contributed by atoms with E-state index in [0.29, 0.717) is 13.2 Å². The van der Waals surface area contributed by atoms with Crippen LogP contribution in [0.3, 0.4) is 0 Å². The Morgan fingerprint density at radius 3 is 1.88 bits per heavy atom. The molecule has 0 amide bonds. The zero-order valence-electron chi connectivity index (χ0n) is 9.07. The van der Waals surface area contributed by atoms with Gasteiger partial charge in [-0.3, -0.25) is 0 Å². The maximum atomic E-state index is 11.4. The first-order valence-corrected chi connectivity index (χ1v) is 7.14. The predicted molar refractivity (Wildman–Crippen MR) is 61.8 cm³/mol. The van der Waals surface area contributed by atoms with Crippen LogP contribution in [0.5, 0.6) is 11.5 Å². The summed E-state index contributed by atoms with van der Waals surface area (Å²) in [5.41, 5.74) is 0. The van der Waals surface area contributed by atoms with Gasteiger partial charge in [-0.25, -0.2) is 8.42 Å². The average Bonchev–Trinajstić information content (AvgIpc) is 2.17. The van der Waals surface area contributed by atoms with E-state index >= 15 is 0 Å². The zero-order valence-corrected chi connectivity index (χ0v) is 10.6. The molecule has 0 unspecified atom stereocenters. The maximum absolute atomic E-state index is 11.4. The fourth-order valence-corrected chi connectivity index (χ4v) is 2.47. The number of halogens is 1. The average molecular weight is 265 g/mol. The van der Waals surface area contributed by atoms with Gasteiger partial charge in [-0.05, 0) is 26.0 Å². The van der Waals surface area contributed by atoms with Crippen LogP contribution in [-0.2, 0) is 9.05 Å². The van der Waals surface area contributed by atoms with E-state index in [1.54, 1.807) is 32.0 Å². The lowest BCUT2D eigenvalue weighted by Gasteiger charge is -2.12. The van der Waals surface area contributed by atoms with Gasteiger partial charge in [0, 0.05) is 10.7 Å². The highest BCUT2D eigenvalue weighted by atomic mass is 35.7. The minimum Gasteiger partial charge on any atom is -0.492 e. The topological polar surface area (TPSA) is 52.6 Å². The van der Waals surface area contributed by atoms with Gasteiger partial charge < -0.3 is 9.47 Å². The molecule has 0 saturated carbocycles. The van der Waals surface area contributed by atoms with E-state index in [2.05, 4.69) is 0 Å². The third-order valence-electron chi connectivity index (χ3n) is 1.79. The van der Waals surface area contributed by atoms with Crippen molar-refractivity contribution in [1.82, 2.24) is 0 Å². The number of benzene rings is 1. The third-order valence-corrected chi connectivity index (χ3v) is 3.14. The molecular weight excluding hydrogens is 252 g/mol. The third kappa shape index (κ3) is 3.02. The lowest BCUT2D eigenvalue weighted by molar-refractivity contribution is 0.307. The SMILES string of the molecule is CCOc1cccc(OCC)c1S(=O)(=O)Cl. The Balaban J connectivity index is 3.35. The van der Waals surface area contributed by atoms with Crippen LogP contribution >= 0.6 is 10.7 Å². The van der Waals surface area contributed by atoms with Crippen LogP contribution in [0.1, 0.15) is 13.8 Å². The van der Waals surface area contributed by atoms with E-state index < -0.39 is 9.05 Å². The number of hydrogen-bond acceptors (Lipinski definition) is 4. The predicted octanol–water partition coefficient (Wildman–Crippen LogP) is 2.41. The summed E-state index contributed by atoms with van der Waals surface area (Å²) in [6, 6.07) is 4.74. The Hall–Kier alpha value is -0.940. The van der Waals surface area contributed by atoms with Crippen LogP contribution in [0.4, 0.5) is 0 Å². The molecule has 0 radical (unpaired) electrons. The summed E-state index contributed by atoms with van der Waals surface area (Å²) in [6.45, 7) is 4.24. The van der Waals surface area contributed by atoms with Crippen molar-refractivity contribution < 1.29 is 17.9 Å². The van der Waals surface area contributed by atoms with Crippen LogP contribution in [0.2, 0.25) is 0 Å². The van der Waals surface area contributed by atoms with Crippen molar-refractivity contribution in [3.63, 3.8) is 0 Å². The summed E-state index contributed by atoms with van der Waals surface area (Å²) in [6.07, 6.45) is 0. The fraction of sp³-hybridized carbons (Fsp3) is 0.400.